The quantitative estimate of drug-likeness (QED) is 0.362. The lowest BCUT2D eigenvalue weighted by Crippen LogP contribution is -2.11. The second-order valence-electron chi connectivity index (χ2n) is 5.13. The molecule has 0 saturated heterocycles. The summed E-state index contributed by atoms with van der Waals surface area (Å²) in [5, 5.41) is 9.13. The highest BCUT2D eigenvalue weighted by Crippen LogP contribution is 2.41. The molecule has 0 aliphatic carbocycles. The van der Waals surface area contributed by atoms with Gasteiger partial charge in [-0.05, 0) is 12.0 Å². The zero-order chi connectivity index (χ0) is 17.8. The number of halogens is 3. The second kappa shape index (κ2) is 7.53. The molecule has 0 atom stereocenters. The monoisotopic (exact) mass is 344 g/mol. The Morgan fingerprint density at radius 3 is 2.39 bits per heavy atom. The first kappa shape index (κ1) is 19.1. The number of allylic oxidation sites excluding steroid dienone is 1. The van der Waals surface area contributed by atoms with E-state index in [1.165, 1.54) is 4.58 Å². The van der Waals surface area contributed by atoms with Crippen LogP contribution in [0.25, 0.3) is 0 Å². The van der Waals surface area contributed by atoms with Crippen molar-refractivity contribution in [1.82, 2.24) is 4.98 Å². The maximum atomic E-state index is 13.2. The predicted octanol–water partition coefficient (Wildman–Crippen LogP) is 3.67. The van der Waals surface area contributed by atoms with E-state index < -0.39 is 17.6 Å². The largest absolute Gasteiger partial charge is 0.481 e. The van der Waals surface area contributed by atoms with Crippen LogP contribution in [0.2, 0.25) is 0 Å². The summed E-state index contributed by atoms with van der Waals surface area (Å²) < 4.78 is 45.8. The maximum absolute atomic E-state index is 13.2. The summed E-state index contributed by atoms with van der Waals surface area (Å²) in [6.07, 6.45) is -4.59. The molecule has 0 aliphatic rings. The van der Waals surface area contributed by atoms with Gasteiger partial charge in [-0.15, -0.1) is 0 Å². The molecule has 1 rings (SSSR count). The van der Waals surface area contributed by atoms with E-state index in [2.05, 4.69) is 10.9 Å². The van der Waals surface area contributed by atoms with Gasteiger partial charge in [-0.2, -0.15) is 23.0 Å². The van der Waals surface area contributed by atoms with Crippen LogP contribution in [0.15, 0.2) is 15.9 Å². The molecule has 8 heteroatoms. The molecule has 0 amide bonds. The lowest BCUT2D eigenvalue weighted by molar-refractivity contribution is -0.456. The van der Waals surface area contributed by atoms with Gasteiger partial charge in [0.05, 0.1) is 12.8 Å². The summed E-state index contributed by atoms with van der Waals surface area (Å²) in [4.78, 5) is 4.41. The van der Waals surface area contributed by atoms with E-state index in [1.807, 2.05) is 19.9 Å². The summed E-state index contributed by atoms with van der Waals surface area (Å²) in [5.41, 5.74) is -0.526. The lowest BCUT2D eigenvalue weighted by atomic mass is 10.1. The van der Waals surface area contributed by atoms with E-state index in [0.29, 0.717) is 5.69 Å². The molecule has 0 saturated carbocycles. The molecule has 0 spiro atoms. The number of ether oxygens (including phenoxy) is 1. The van der Waals surface area contributed by atoms with Gasteiger partial charge in [-0.3, -0.25) is 0 Å². The summed E-state index contributed by atoms with van der Waals surface area (Å²) in [6, 6.07) is 2.89. The molecule has 0 aromatic carbocycles. The van der Waals surface area contributed by atoms with Crippen molar-refractivity contribution in [2.24, 2.45) is 0 Å². The summed E-state index contributed by atoms with van der Waals surface area (Å²) in [6.45, 7) is 3.62. The van der Waals surface area contributed by atoms with E-state index >= 15 is 0 Å². The van der Waals surface area contributed by atoms with Crippen LogP contribution in [-0.4, -0.2) is 36.6 Å². The third-order valence-electron chi connectivity index (χ3n) is 2.66. The number of rotatable bonds is 4. The topological polar surface area (TPSA) is 48.9 Å². The molecule has 0 unspecified atom stereocenters. The highest BCUT2D eigenvalue weighted by atomic mass is 32.2. The fourth-order valence-corrected chi connectivity index (χ4v) is 2.79. The highest BCUT2D eigenvalue weighted by molar-refractivity contribution is 8.03. The molecular formula is C15H17F3N3OS+. The predicted molar refractivity (Wildman–Crippen MR) is 82.0 cm³/mol. The van der Waals surface area contributed by atoms with Crippen molar-refractivity contribution in [2.45, 2.75) is 30.8 Å². The molecule has 4 nitrogen and oxygen atoms in total. The van der Waals surface area contributed by atoms with Crippen LogP contribution < -0.4 is 4.74 Å². The van der Waals surface area contributed by atoms with Crippen molar-refractivity contribution in [3.8, 4) is 11.9 Å². The van der Waals surface area contributed by atoms with Gasteiger partial charge in [-0.1, -0.05) is 25.6 Å². The van der Waals surface area contributed by atoms with Gasteiger partial charge in [0, 0.05) is 4.90 Å². The zero-order valence-electron chi connectivity index (χ0n) is 13.4. The van der Waals surface area contributed by atoms with Gasteiger partial charge in [0.25, 0.3) is 0 Å². The molecular weight excluding hydrogens is 327 g/mol. The number of methoxy groups -OCH3 is 1. The van der Waals surface area contributed by atoms with Crippen molar-refractivity contribution in [1.29, 1.82) is 5.26 Å². The third-order valence-corrected chi connectivity index (χ3v) is 3.60. The second-order valence-corrected chi connectivity index (χ2v) is 6.18. The molecule has 0 fully saturated rings. The van der Waals surface area contributed by atoms with Gasteiger partial charge in [0.15, 0.2) is 10.8 Å². The lowest BCUT2D eigenvalue weighted by Gasteiger charge is -2.17. The average Bonchev–Trinajstić information content (AvgIpc) is 2.44. The molecule has 0 aliphatic heterocycles. The number of aromatic nitrogens is 1. The van der Waals surface area contributed by atoms with Crippen LogP contribution in [0.3, 0.4) is 0 Å². The van der Waals surface area contributed by atoms with Gasteiger partial charge in [0.2, 0.25) is 5.88 Å². The van der Waals surface area contributed by atoms with E-state index in [4.69, 9.17) is 10.00 Å². The van der Waals surface area contributed by atoms with Crippen molar-refractivity contribution in [3.05, 3.63) is 22.2 Å². The van der Waals surface area contributed by atoms with Crippen LogP contribution in [0.5, 0.6) is 5.88 Å². The number of hydrogen-bond acceptors (Lipinski definition) is 4. The normalized spacial score (nSPS) is 11.0. The van der Waals surface area contributed by atoms with Crippen molar-refractivity contribution in [2.75, 3.05) is 21.2 Å². The van der Waals surface area contributed by atoms with E-state index in [1.54, 1.807) is 14.1 Å². The Hall–Kier alpha value is -1.97. The smallest absolute Gasteiger partial charge is 0.421 e. The number of pyridine rings is 1. The Morgan fingerprint density at radius 1 is 1.39 bits per heavy atom. The molecule has 1 aromatic rings. The first-order chi connectivity index (χ1) is 10.6. The molecule has 0 radical (unpaired) electrons. The minimum absolute atomic E-state index is 0.131. The van der Waals surface area contributed by atoms with Crippen LogP contribution in [0, 0.1) is 11.3 Å². The Morgan fingerprint density at radius 2 is 2.00 bits per heavy atom. The fraction of sp³-hybridized carbons (Fsp3) is 0.467. The Bertz CT molecular complexity index is 695. The minimum atomic E-state index is -4.59. The van der Waals surface area contributed by atoms with Crippen LogP contribution >= 0.6 is 11.8 Å². The maximum Gasteiger partial charge on any atom is 0.421 e. The Labute approximate surface area is 137 Å². The summed E-state index contributed by atoms with van der Waals surface area (Å²) >= 11 is 0.906. The van der Waals surface area contributed by atoms with Gasteiger partial charge in [0.1, 0.15) is 25.7 Å². The summed E-state index contributed by atoms with van der Waals surface area (Å²) in [7, 11) is 4.50. The van der Waals surface area contributed by atoms with Crippen LogP contribution in [-0.2, 0) is 6.18 Å². The number of nitrogens with zero attached hydrogens (tertiary/aromatic N) is 3. The molecule has 124 valence electrons. The molecule has 1 aromatic heterocycles. The Kier molecular flexibility index (Phi) is 6.25. The molecule has 0 N–H and O–H groups in total. The van der Waals surface area contributed by atoms with E-state index in [0.717, 1.165) is 24.9 Å². The van der Waals surface area contributed by atoms with Gasteiger partial charge in [-0.25, -0.2) is 4.98 Å². The van der Waals surface area contributed by atoms with Crippen LogP contribution in [0.1, 0.15) is 31.0 Å². The van der Waals surface area contributed by atoms with Gasteiger partial charge >= 0.3 is 6.18 Å². The number of alkyl halides is 3. The SMILES string of the molecule is COc1nc(C(C)C)c(SC(=C=[N+](C)C)C#N)cc1C(F)(F)F. The molecule has 23 heavy (non-hydrogen) atoms. The van der Waals surface area contributed by atoms with Crippen molar-refractivity contribution >= 4 is 17.6 Å². The standard InChI is InChI=1S/C15H17F3N3OS/c1-9(2)13-12(23-10(7-19)8-21(3)4)6-11(15(16,17)18)14(20-13)22-5/h6,9H,1-5H3/q+1. The molecule has 0 bridgehead atoms. The zero-order valence-corrected chi connectivity index (χ0v) is 14.3. The minimum Gasteiger partial charge on any atom is -0.481 e. The average molecular weight is 344 g/mol. The van der Waals surface area contributed by atoms with Crippen molar-refractivity contribution < 1.29 is 22.5 Å². The van der Waals surface area contributed by atoms with E-state index in [-0.39, 0.29) is 15.7 Å². The van der Waals surface area contributed by atoms with Crippen LogP contribution in [0.4, 0.5) is 13.2 Å². The Balaban J connectivity index is 3.58. The first-order valence-corrected chi connectivity index (χ1v) is 7.46. The van der Waals surface area contributed by atoms with Gasteiger partial charge < -0.3 is 4.74 Å². The molecule has 1 heterocycles. The van der Waals surface area contributed by atoms with Crippen molar-refractivity contribution in [3.63, 3.8) is 0 Å². The fourth-order valence-electron chi connectivity index (χ4n) is 1.73. The first-order valence-electron chi connectivity index (χ1n) is 6.65. The summed E-state index contributed by atoms with van der Waals surface area (Å²) in [5.74, 6) is 2.14. The number of hydrogen-bond donors (Lipinski definition) is 0. The highest BCUT2D eigenvalue weighted by Gasteiger charge is 2.36. The third kappa shape index (κ3) is 5.02. The number of thioether (sulfide) groups is 1. The number of nitriles is 1. The van der Waals surface area contributed by atoms with E-state index in [9.17, 15) is 13.2 Å².